The molecule has 0 unspecified atom stereocenters. The average Bonchev–Trinajstić information content (AvgIpc) is 2.25. The highest BCUT2D eigenvalue weighted by atomic mass is 19.4. The van der Waals surface area contributed by atoms with Crippen LogP contribution < -0.4 is 4.90 Å². The van der Waals surface area contributed by atoms with Gasteiger partial charge in [0.2, 0.25) is 0 Å². The Morgan fingerprint density at radius 2 is 2.06 bits per heavy atom. The molecule has 0 saturated carbocycles. The first-order chi connectivity index (χ1) is 7.45. The topological polar surface area (TPSA) is 25.4 Å². The number of halogens is 3. The van der Waals surface area contributed by atoms with Crippen LogP contribution >= 0.6 is 0 Å². The Hall–Kier alpha value is -1.30. The lowest BCUT2D eigenvalue weighted by molar-refractivity contribution is -0.141. The number of nitrogens with zero attached hydrogens (tertiary/aromatic N) is 2. The molecule has 0 aromatic carbocycles. The monoisotopic (exact) mass is 234 g/mol. The van der Waals surface area contributed by atoms with E-state index in [0.717, 1.165) is 6.07 Å². The van der Waals surface area contributed by atoms with Crippen LogP contribution in [0.3, 0.4) is 0 Å². The van der Waals surface area contributed by atoms with Crippen LogP contribution in [0.5, 0.6) is 0 Å². The molecule has 0 fully saturated rings. The van der Waals surface area contributed by atoms with Crippen molar-refractivity contribution in [2.45, 2.75) is 6.18 Å². The summed E-state index contributed by atoms with van der Waals surface area (Å²) in [5.41, 5.74) is -0.249. The molecule has 0 N–H and O–H groups in total. The molecule has 0 radical (unpaired) electrons. The highest BCUT2D eigenvalue weighted by Crippen LogP contribution is 2.28. The van der Waals surface area contributed by atoms with E-state index in [1.54, 1.807) is 19.1 Å². The smallest absolute Gasteiger partial charge is 0.383 e. The first-order valence-corrected chi connectivity index (χ1v) is 4.68. The quantitative estimate of drug-likeness (QED) is 0.798. The molecule has 0 aliphatic rings. The van der Waals surface area contributed by atoms with Gasteiger partial charge in [-0.1, -0.05) is 0 Å². The molecule has 0 bridgehead atoms. The second kappa shape index (κ2) is 5.16. The Balaban J connectivity index is 2.71. The lowest BCUT2D eigenvalue weighted by atomic mass is 10.3. The van der Waals surface area contributed by atoms with E-state index in [1.165, 1.54) is 12.3 Å². The molecule has 1 aromatic heterocycles. The van der Waals surface area contributed by atoms with Gasteiger partial charge >= 0.3 is 6.18 Å². The fourth-order valence-corrected chi connectivity index (χ4v) is 1.14. The first-order valence-electron chi connectivity index (χ1n) is 4.68. The first kappa shape index (κ1) is 12.8. The van der Waals surface area contributed by atoms with E-state index in [-0.39, 0.29) is 0 Å². The number of methoxy groups -OCH3 is 1. The number of hydrogen-bond acceptors (Lipinski definition) is 3. The fourth-order valence-electron chi connectivity index (χ4n) is 1.14. The molecule has 0 aliphatic carbocycles. The van der Waals surface area contributed by atoms with Crippen molar-refractivity contribution in [1.82, 2.24) is 4.98 Å². The standard InChI is InChI=1S/C10H13F3N2O/c1-15(5-6-16-2)8-3-4-9(14-7-8)10(11,12)13/h3-4,7H,5-6H2,1-2H3. The SMILES string of the molecule is COCCN(C)c1ccc(C(F)(F)F)nc1. The van der Waals surface area contributed by atoms with Gasteiger partial charge < -0.3 is 9.64 Å². The molecular weight excluding hydrogens is 221 g/mol. The van der Waals surface area contributed by atoms with Crippen molar-refractivity contribution >= 4 is 5.69 Å². The minimum atomic E-state index is -4.39. The minimum absolute atomic E-state index is 0.511. The predicted molar refractivity (Wildman–Crippen MR) is 54.4 cm³/mol. The summed E-state index contributed by atoms with van der Waals surface area (Å²) in [4.78, 5) is 5.15. The number of ether oxygens (including phenoxy) is 1. The van der Waals surface area contributed by atoms with Gasteiger partial charge in [-0.2, -0.15) is 13.2 Å². The van der Waals surface area contributed by atoms with E-state index in [0.29, 0.717) is 18.8 Å². The van der Waals surface area contributed by atoms with Crippen LogP contribution in [-0.2, 0) is 10.9 Å². The lowest BCUT2D eigenvalue weighted by Gasteiger charge is -2.18. The summed E-state index contributed by atoms with van der Waals surface area (Å²) >= 11 is 0. The van der Waals surface area contributed by atoms with Gasteiger partial charge in [0.25, 0.3) is 0 Å². The van der Waals surface area contributed by atoms with Gasteiger partial charge in [0, 0.05) is 20.7 Å². The number of rotatable bonds is 4. The van der Waals surface area contributed by atoms with Gasteiger partial charge in [-0.15, -0.1) is 0 Å². The second-order valence-electron chi connectivity index (χ2n) is 3.31. The highest BCUT2D eigenvalue weighted by molar-refractivity contribution is 5.43. The molecule has 0 amide bonds. The van der Waals surface area contributed by atoms with E-state index in [9.17, 15) is 13.2 Å². The number of hydrogen-bond donors (Lipinski definition) is 0. The van der Waals surface area contributed by atoms with Crippen molar-refractivity contribution < 1.29 is 17.9 Å². The third kappa shape index (κ3) is 3.37. The highest BCUT2D eigenvalue weighted by Gasteiger charge is 2.32. The number of pyridine rings is 1. The summed E-state index contributed by atoms with van der Waals surface area (Å²) in [6, 6.07) is 2.37. The summed E-state index contributed by atoms with van der Waals surface area (Å²) in [5, 5.41) is 0. The van der Waals surface area contributed by atoms with Crippen LogP contribution in [0.25, 0.3) is 0 Å². The third-order valence-corrected chi connectivity index (χ3v) is 2.11. The van der Waals surface area contributed by atoms with Gasteiger partial charge in [0.15, 0.2) is 0 Å². The van der Waals surface area contributed by atoms with Crippen molar-refractivity contribution in [2.24, 2.45) is 0 Å². The van der Waals surface area contributed by atoms with Crippen molar-refractivity contribution in [3.63, 3.8) is 0 Å². The zero-order valence-electron chi connectivity index (χ0n) is 9.08. The van der Waals surface area contributed by atoms with E-state index >= 15 is 0 Å². The normalized spacial score (nSPS) is 11.6. The summed E-state index contributed by atoms with van der Waals surface area (Å²) in [5.74, 6) is 0. The molecular formula is C10H13F3N2O. The molecule has 0 aliphatic heterocycles. The van der Waals surface area contributed by atoms with Crippen LogP contribution in [0.4, 0.5) is 18.9 Å². The summed E-state index contributed by atoms with van der Waals surface area (Å²) in [7, 11) is 3.34. The zero-order chi connectivity index (χ0) is 12.2. The van der Waals surface area contributed by atoms with E-state index in [2.05, 4.69) is 4.98 Å². The summed E-state index contributed by atoms with van der Waals surface area (Å²) < 4.78 is 41.6. The molecule has 90 valence electrons. The minimum Gasteiger partial charge on any atom is -0.383 e. The zero-order valence-corrected chi connectivity index (χ0v) is 9.08. The predicted octanol–water partition coefficient (Wildman–Crippen LogP) is 2.18. The molecule has 16 heavy (non-hydrogen) atoms. The Morgan fingerprint density at radius 1 is 1.38 bits per heavy atom. The number of aromatic nitrogens is 1. The average molecular weight is 234 g/mol. The van der Waals surface area contributed by atoms with E-state index in [1.807, 2.05) is 0 Å². The largest absolute Gasteiger partial charge is 0.433 e. The van der Waals surface area contributed by atoms with Crippen LogP contribution in [0.2, 0.25) is 0 Å². The summed E-state index contributed by atoms with van der Waals surface area (Å²) in [6.45, 7) is 1.11. The molecule has 1 aromatic rings. The molecule has 6 heteroatoms. The molecule has 1 heterocycles. The molecule has 0 saturated heterocycles. The maximum Gasteiger partial charge on any atom is 0.433 e. The van der Waals surface area contributed by atoms with Gasteiger partial charge in [-0.05, 0) is 12.1 Å². The Morgan fingerprint density at radius 3 is 2.50 bits per heavy atom. The number of likely N-dealkylation sites (N-methyl/N-ethyl adjacent to an activating group) is 1. The van der Waals surface area contributed by atoms with E-state index in [4.69, 9.17) is 4.74 Å². The lowest BCUT2D eigenvalue weighted by Crippen LogP contribution is -2.22. The maximum atomic E-state index is 12.2. The van der Waals surface area contributed by atoms with Crippen molar-refractivity contribution in [3.05, 3.63) is 24.0 Å². The Bertz CT molecular complexity index is 324. The van der Waals surface area contributed by atoms with Crippen LogP contribution in [-0.4, -0.2) is 32.3 Å². The number of alkyl halides is 3. The van der Waals surface area contributed by atoms with E-state index < -0.39 is 11.9 Å². The maximum absolute atomic E-state index is 12.2. The molecule has 0 atom stereocenters. The molecule has 1 rings (SSSR count). The second-order valence-corrected chi connectivity index (χ2v) is 3.31. The van der Waals surface area contributed by atoms with Gasteiger partial charge in [0.05, 0.1) is 18.5 Å². The van der Waals surface area contributed by atoms with Crippen molar-refractivity contribution in [2.75, 3.05) is 32.2 Å². The van der Waals surface area contributed by atoms with Crippen LogP contribution in [0.15, 0.2) is 18.3 Å². The Labute approximate surface area is 91.8 Å². The van der Waals surface area contributed by atoms with Crippen molar-refractivity contribution in [3.8, 4) is 0 Å². The van der Waals surface area contributed by atoms with Gasteiger partial charge in [-0.3, -0.25) is 0 Å². The molecule has 0 spiro atoms. The number of anilines is 1. The van der Waals surface area contributed by atoms with Crippen molar-refractivity contribution in [1.29, 1.82) is 0 Å². The van der Waals surface area contributed by atoms with Gasteiger partial charge in [0.1, 0.15) is 5.69 Å². The Kier molecular flexibility index (Phi) is 4.12. The van der Waals surface area contributed by atoms with Crippen LogP contribution in [0, 0.1) is 0 Å². The molecule has 3 nitrogen and oxygen atoms in total. The van der Waals surface area contributed by atoms with Gasteiger partial charge in [-0.25, -0.2) is 4.98 Å². The third-order valence-electron chi connectivity index (χ3n) is 2.11. The fraction of sp³-hybridized carbons (Fsp3) is 0.500. The summed E-state index contributed by atoms with van der Waals surface area (Å²) in [6.07, 6.45) is -3.18. The van der Waals surface area contributed by atoms with Crippen LogP contribution in [0.1, 0.15) is 5.69 Å².